The Labute approximate surface area is 296 Å². The van der Waals surface area contributed by atoms with Crippen LogP contribution in [0, 0.1) is 0 Å². The van der Waals surface area contributed by atoms with Crippen molar-refractivity contribution < 1.29 is 22.7 Å². The highest BCUT2D eigenvalue weighted by molar-refractivity contribution is 7.90. The Bertz CT molecular complexity index is 1720. The predicted octanol–water partition coefficient (Wildman–Crippen LogP) is 7.71. The predicted molar refractivity (Wildman–Crippen MR) is 202 cm³/mol. The van der Waals surface area contributed by atoms with Crippen molar-refractivity contribution in [3.05, 3.63) is 93.3 Å². The second-order valence-corrected chi connectivity index (χ2v) is 16.0. The van der Waals surface area contributed by atoms with E-state index in [2.05, 4.69) is 54.4 Å². The standard InChI is InChI=1S/C38H50N4O5S2/c1-8-10-11-12-13-24-47-31-20-18-29(19-21-31)27(3)26-40-35(39-7)30-16-14-28(15-17-30)25-32(36(43)42-49(45,46)9-2)41-37(44)33-22-23-34(48-33)38(4,5)6/h14-23,26,32H,7-13,24-25H2,1-6H3,(H,41,44)(H,42,43)/b27-26+,40-35-/t32-/m0/s1. The molecule has 1 heterocycles. The zero-order valence-electron chi connectivity index (χ0n) is 29.5. The Balaban J connectivity index is 1.71. The van der Waals surface area contributed by atoms with Crippen molar-refractivity contribution in [2.45, 2.75) is 91.5 Å². The van der Waals surface area contributed by atoms with Crippen LogP contribution in [0.4, 0.5) is 0 Å². The molecule has 1 atom stereocenters. The Kier molecular flexibility index (Phi) is 14.9. The van der Waals surface area contributed by atoms with Gasteiger partial charge in [0.05, 0.1) is 17.2 Å². The molecule has 49 heavy (non-hydrogen) atoms. The number of sulfonamides is 1. The SMILES string of the molecule is C=N/C(=N\C=C(/C)c1ccc(OCCCCCCC)cc1)c1ccc(C[C@H](NC(=O)c2ccc(C(C)(C)C)s2)C(=O)NS(=O)(=O)CC)cc1. The molecule has 0 aliphatic carbocycles. The molecule has 0 fully saturated rings. The summed E-state index contributed by atoms with van der Waals surface area (Å²) in [6.07, 6.45) is 7.79. The molecule has 0 radical (unpaired) electrons. The van der Waals surface area contributed by atoms with E-state index >= 15 is 0 Å². The first kappa shape index (κ1) is 39.3. The highest BCUT2D eigenvalue weighted by Gasteiger charge is 2.27. The number of rotatable bonds is 17. The van der Waals surface area contributed by atoms with Crippen molar-refractivity contribution in [1.29, 1.82) is 0 Å². The van der Waals surface area contributed by atoms with Gasteiger partial charge in [-0.2, -0.15) is 0 Å². The topological polar surface area (TPSA) is 126 Å². The number of hydrogen-bond acceptors (Lipinski definition) is 7. The van der Waals surface area contributed by atoms with Crippen molar-refractivity contribution in [1.82, 2.24) is 10.0 Å². The first-order chi connectivity index (χ1) is 23.3. The molecule has 9 nitrogen and oxygen atoms in total. The maximum Gasteiger partial charge on any atom is 0.262 e. The molecule has 0 saturated heterocycles. The molecule has 11 heteroatoms. The molecule has 2 aromatic carbocycles. The minimum atomic E-state index is -3.83. The summed E-state index contributed by atoms with van der Waals surface area (Å²) < 4.78 is 32.4. The monoisotopic (exact) mass is 706 g/mol. The zero-order chi connectivity index (χ0) is 36.0. The maximum absolute atomic E-state index is 13.2. The number of ether oxygens (including phenoxy) is 1. The van der Waals surface area contributed by atoms with Crippen molar-refractivity contribution in [3.8, 4) is 5.75 Å². The first-order valence-electron chi connectivity index (χ1n) is 16.8. The molecule has 3 rings (SSSR count). The summed E-state index contributed by atoms with van der Waals surface area (Å²) in [5.74, 6) is -0.255. The van der Waals surface area contributed by atoms with Crippen LogP contribution in [0.3, 0.4) is 0 Å². The molecule has 0 spiro atoms. The van der Waals surface area contributed by atoms with E-state index in [1.165, 1.54) is 43.9 Å². The molecule has 2 N–H and O–H groups in total. The fraction of sp³-hybridized carbons (Fsp3) is 0.421. The van der Waals surface area contributed by atoms with Gasteiger partial charge in [0, 0.05) is 23.1 Å². The summed E-state index contributed by atoms with van der Waals surface area (Å²) in [6, 6.07) is 17.6. The highest BCUT2D eigenvalue weighted by Crippen LogP contribution is 2.29. The van der Waals surface area contributed by atoms with E-state index in [1.807, 2.05) is 37.3 Å². The van der Waals surface area contributed by atoms with Gasteiger partial charge >= 0.3 is 0 Å². The molecule has 3 aromatic rings. The lowest BCUT2D eigenvalue weighted by molar-refractivity contribution is -0.121. The Hall–Kier alpha value is -4.09. The smallest absolute Gasteiger partial charge is 0.262 e. The lowest BCUT2D eigenvalue weighted by Gasteiger charge is -2.18. The maximum atomic E-state index is 13.2. The fourth-order valence-electron chi connectivity index (χ4n) is 4.77. The van der Waals surface area contributed by atoms with Gasteiger partial charge in [-0.1, -0.05) is 89.8 Å². The molecular formula is C38H50N4O5S2. The number of unbranched alkanes of at least 4 members (excludes halogenated alkanes) is 4. The first-order valence-corrected chi connectivity index (χ1v) is 19.2. The van der Waals surface area contributed by atoms with Crippen LogP contribution >= 0.6 is 11.3 Å². The molecule has 264 valence electrons. The van der Waals surface area contributed by atoms with Crippen LogP contribution < -0.4 is 14.8 Å². The number of amides is 2. The van der Waals surface area contributed by atoms with Crippen LogP contribution in [0.15, 0.2) is 76.8 Å². The van der Waals surface area contributed by atoms with Crippen LogP contribution in [0.1, 0.15) is 105 Å². The number of hydrogen-bond donors (Lipinski definition) is 2. The van der Waals surface area contributed by atoms with Gasteiger partial charge in [-0.15, -0.1) is 11.3 Å². The lowest BCUT2D eigenvalue weighted by Crippen LogP contribution is -2.49. The number of carbonyl (C=O) groups excluding carboxylic acids is 2. The van der Waals surface area contributed by atoms with Gasteiger partial charge in [0.15, 0.2) is 5.84 Å². The summed E-state index contributed by atoms with van der Waals surface area (Å²) in [6.45, 7) is 16.2. The summed E-state index contributed by atoms with van der Waals surface area (Å²) in [5.41, 5.74) is 3.22. The van der Waals surface area contributed by atoms with Crippen molar-refractivity contribution in [3.63, 3.8) is 0 Å². The van der Waals surface area contributed by atoms with E-state index in [0.717, 1.165) is 28.2 Å². The number of nitrogens with one attached hydrogen (secondary N) is 2. The number of thiophene rings is 1. The van der Waals surface area contributed by atoms with E-state index in [-0.39, 0.29) is 17.6 Å². The van der Waals surface area contributed by atoms with E-state index in [9.17, 15) is 18.0 Å². The summed E-state index contributed by atoms with van der Waals surface area (Å²) >= 11 is 1.34. The van der Waals surface area contributed by atoms with Crippen LogP contribution in [0.5, 0.6) is 5.75 Å². The van der Waals surface area contributed by atoms with E-state index in [0.29, 0.717) is 28.4 Å². The summed E-state index contributed by atoms with van der Waals surface area (Å²) in [5, 5.41) is 2.74. The Morgan fingerprint density at radius 3 is 2.18 bits per heavy atom. The zero-order valence-corrected chi connectivity index (χ0v) is 31.2. The average Bonchev–Trinajstić information content (AvgIpc) is 3.59. The quantitative estimate of drug-likeness (QED) is 0.0845. The van der Waals surface area contributed by atoms with Gasteiger partial charge < -0.3 is 10.1 Å². The molecule has 0 aliphatic heterocycles. The molecule has 0 unspecified atom stereocenters. The largest absolute Gasteiger partial charge is 0.494 e. The highest BCUT2D eigenvalue weighted by atomic mass is 32.2. The van der Waals surface area contributed by atoms with Crippen molar-refractivity contribution >= 4 is 51.3 Å². The lowest BCUT2D eigenvalue weighted by atomic mass is 9.95. The van der Waals surface area contributed by atoms with Crippen molar-refractivity contribution in [2.24, 2.45) is 9.98 Å². The number of benzene rings is 2. The second kappa shape index (κ2) is 18.6. The van der Waals surface area contributed by atoms with E-state index < -0.39 is 27.9 Å². The van der Waals surface area contributed by atoms with Crippen LogP contribution in [-0.4, -0.2) is 51.2 Å². The molecule has 2 amide bonds. The second-order valence-electron chi connectivity index (χ2n) is 12.9. The minimum absolute atomic E-state index is 0.0696. The molecular weight excluding hydrogens is 657 g/mol. The third-order valence-electron chi connectivity index (χ3n) is 7.84. The summed E-state index contributed by atoms with van der Waals surface area (Å²) in [4.78, 5) is 36.4. The van der Waals surface area contributed by atoms with Gasteiger partial charge in [-0.05, 0) is 73.4 Å². The molecule has 0 aliphatic rings. The summed E-state index contributed by atoms with van der Waals surface area (Å²) in [7, 11) is -3.83. The van der Waals surface area contributed by atoms with Crippen LogP contribution in [-0.2, 0) is 26.7 Å². The molecule has 0 bridgehead atoms. The van der Waals surface area contributed by atoms with Gasteiger partial charge in [0.2, 0.25) is 10.0 Å². The average molecular weight is 707 g/mol. The minimum Gasteiger partial charge on any atom is -0.494 e. The fourth-order valence-corrected chi connectivity index (χ4v) is 6.33. The number of aliphatic imine (C=N–C) groups is 2. The Morgan fingerprint density at radius 1 is 0.939 bits per heavy atom. The van der Waals surface area contributed by atoms with Gasteiger partial charge in [-0.3, -0.25) is 14.3 Å². The van der Waals surface area contributed by atoms with Gasteiger partial charge in [0.25, 0.3) is 11.8 Å². The molecule has 1 aromatic heterocycles. The number of nitrogens with zero attached hydrogens (tertiary/aromatic N) is 2. The third kappa shape index (κ3) is 12.7. The number of allylic oxidation sites excluding steroid dienone is 1. The van der Waals surface area contributed by atoms with E-state index in [1.54, 1.807) is 36.5 Å². The third-order valence-corrected chi connectivity index (χ3v) is 10.6. The Morgan fingerprint density at radius 2 is 1.59 bits per heavy atom. The van der Waals surface area contributed by atoms with Gasteiger partial charge in [-0.25, -0.2) is 18.4 Å². The number of amidine groups is 1. The molecule has 0 saturated carbocycles. The van der Waals surface area contributed by atoms with Crippen LogP contribution in [0.25, 0.3) is 5.57 Å². The van der Waals surface area contributed by atoms with Crippen LogP contribution in [0.2, 0.25) is 0 Å². The normalized spacial score (nSPS) is 13.1. The number of carbonyl (C=O) groups is 2. The van der Waals surface area contributed by atoms with E-state index in [4.69, 9.17) is 4.74 Å². The van der Waals surface area contributed by atoms with Gasteiger partial charge in [0.1, 0.15) is 11.8 Å². The van der Waals surface area contributed by atoms with Crippen molar-refractivity contribution in [2.75, 3.05) is 12.4 Å².